The number of aliphatic imine (C=N–C) groups is 1. The molecule has 48 heavy (non-hydrogen) atoms. The third-order valence-electron chi connectivity index (χ3n) is 7.29. The standard InChI is InChI=1S/C34H43FN8O5/c35-25-15-11-22(12-16-25)21-48-26-17-13-23(14-18-26)29(30(37)44)43-33(47)27(9-4-5-19-36)42-32(46)28(10-6-20-40-34(38)39)41-31(45)24-7-2-1-3-8-24/h1-3,7-8,11-18,27-29H,4-6,9-10,19-21,36H2,(H2,37,44)(H,41,45)(H,42,46)(H,43,47)(H4,38,39,40)/t27-,28-,29+/m0/s1. The van der Waals surface area contributed by atoms with Gasteiger partial charge in [0.2, 0.25) is 17.7 Å². The summed E-state index contributed by atoms with van der Waals surface area (Å²) in [5.74, 6) is -2.50. The fourth-order valence-corrected chi connectivity index (χ4v) is 4.70. The Kier molecular flexibility index (Phi) is 14.8. The number of guanidine groups is 1. The van der Waals surface area contributed by atoms with Gasteiger partial charge in [0.05, 0.1) is 0 Å². The molecule has 13 nitrogen and oxygen atoms in total. The molecule has 4 amide bonds. The maximum atomic E-state index is 13.6. The number of unbranched alkanes of at least 4 members (excludes halogenated alkanes) is 1. The average molecular weight is 663 g/mol. The van der Waals surface area contributed by atoms with E-state index < -0.39 is 41.8 Å². The Balaban J connectivity index is 1.72. The fraction of sp³-hybridized carbons (Fsp3) is 0.324. The lowest BCUT2D eigenvalue weighted by Gasteiger charge is -2.25. The van der Waals surface area contributed by atoms with Gasteiger partial charge in [0, 0.05) is 12.1 Å². The van der Waals surface area contributed by atoms with Crippen LogP contribution in [0.2, 0.25) is 0 Å². The maximum Gasteiger partial charge on any atom is 0.251 e. The van der Waals surface area contributed by atoms with E-state index in [1.807, 2.05) is 0 Å². The number of rotatable bonds is 19. The molecule has 0 aromatic heterocycles. The summed E-state index contributed by atoms with van der Waals surface area (Å²) in [4.78, 5) is 56.5. The molecule has 0 saturated heterocycles. The molecule has 0 fully saturated rings. The van der Waals surface area contributed by atoms with Gasteiger partial charge in [-0.05, 0) is 86.2 Å². The molecule has 3 aromatic carbocycles. The van der Waals surface area contributed by atoms with E-state index in [-0.39, 0.29) is 37.8 Å². The van der Waals surface area contributed by atoms with Crippen LogP contribution in [0.25, 0.3) is 0 Å². The zero-order valence-electron chi connectivity index (χ0n) is 26.6. The Labute approximate surface area is 278 Å². The van der Waals surface area contributed by atoms with Crippen molar-refractivity contribution >= 4 is 29.6 Å². The lowest BCUT2D eigenvalue weighted by atomic mass is 10.0. The van der Waals surface area contributed by atoms with Gasteiger partial charge < -0.3 is 43.6 Å². The molecule has 0 aliphatic carbocycles. The molecule has 0 spiro atoms. The Morgan fingerprint density at radius 2 is 1.38 bits per heavy atom. The molecule has 11 N–H and O–H groups in total. The van der Waals surface area contributed by atoms with E-state index in [2.05, 4.69) is 20.9 Å². The van der Waals surface area contributed by atoms with Crippen LogP contribution >= 0.6 is 0 Å². The van der Waals surface area contributed by atoms with Gasteiger partial charge in [-0.1, -0.05) is 42.5 Å². The number of primary amides is 1. The predicted octanol–water partition coefficient (Wildman–Crippen LogP) is 1.51. The average Bonchev–Trinajstić information content (AvgIpc) is 3.08. The molecule has 0 bridgehead atoms. The van der Waals surface area contributed by atoms with Crippen LogP contribution in [0.5, 0.6) is 5.75 Å². The number of nitrogens with zero attached hydrogens (tertiary/aromatic N) is 1. The second kappa shape index (κ2) is 19.2. The van der Waals surface area contributed by atoms with Gasteiger partial charge >= 0.3 is 0 Å². The molecule has 0 unspecified atom stereocenters. The van der Waals surface area contributed by atoms with Gasteiger partial charge in [-0.2, -0.15) is 0 Å². The zero-order valence-corrected chi connectivity index (χ0v) is 26.6. The number of carbonyl (C=O) groups is 4. The number of amides is 4. The van der Waals surface area contributed by atoms with Crippen LogP contribution in [0.4, 0.5) is 4.39 Å². The summed E-state index contributed by atoms with van der Waals surface area (Å²) in [6.45, 7) is 0.799. The number of hydrogen-bond acceptors (Lipinski definition) is 7. The zero-order chi connectivity index (χ0) is 34.9. The second-order valence-electron chi connectivity index (χ2n) is 11.0. The van der Waals surface area contributed by atoms with Crippen LogP contribution in [-0.4, -0.2) is 54.8 Å². The van der Waals surface area contributed by atoms with Crippen LogP contribution in [0.3, 0.4) is 0 Å². The smallest absolute Gasteiger partial charge is 0.251 e. The van der Waals surface area contributed by atoms with Crippen molar-refractivity contribution < 1.29 is 28.3 Å². The number of halogens is 1. The highest BCUT2D eigenvalue weighted by atomic mass is 19.1. The SMILES string of the molecule is NCCCC[C@H](NC(=O)[C@H](CCCN=C(N)N)NC(=O)c1ccccc1)C(=O)N[C@@H](C(N)=O)c1ccc(OCc2ccc(F)cc2)cc1. The van der Waals surface area contributed by atoms with Crippen molar-refractivity contribution in [1.82, 2.24) is 16.0 Å². The summed E-state index contributed by atoms with van der Waals surface area (Å²) >= 11 is 0. The van der Waals surface area contributed by atoms with Crippen molar-refractivity contribution in [3.05, 3.63) is 101 Å². The largest absolute Gasteiger partial charge is 0.489 e. The van der Waals surface area contributed by atoms with Crippen molar-refractivity contribution in [2.45, 2.75) is 56.8 Å². The van der Waals surface area contributed by atoms with Crippen LogP contribution in [0, 0.1) is 5.82 Å². The van der Waals surface area contributed by atoms with Gasteiger partial charge in [-0.25, -0.2) is 4.39 Å². The molecule has 3 aromatic rings. The first-order valence-electron chi connectivity index (χ1n) is 15.6. The van der Waals surface area contributed by atoms with Gasteiger partial charge in [-0.15, -0.1) is 0 Å². The van der Waals surface area contributed by atoms with E-state index in [0.29, 0.717) is 42.7 Å². The number of carbonyl (C=O) groups excluding carboxylic acids is 4. The van der Waals surface area contributed by atoms with Crippen molar-refractivity contribution in [3.63, 3.8) is 0 Å². The van der Waals surface area contributed by atoms with E-state index in [9.17, 15) is 23.6 Å². The molecular weight excluding hydrogens is 619 g/mol. The Morgan fingerprint density at radius 3 is 2.00 bits per heavy atom. The molecule has 0 radical (unpaired) electrons. The third-order valence-corrected chi connectivity index (χ3v) is 7.29. The summed E-state index contributed by atoms with van der Waals surface area (Å²) in [5.41, 5.74) is 23.7. The van der Waals surface area contributed by atoms with Crippen molar-refractivity contribution in [3.8, 4) is 5.75 Å². The summed E-state index contributed by atoms with van der Waals surface area (Å²) in [7, 11) is 0. The van der Waals surface area contributed by atoms with Crippen LogP contribution in [-0.2, 0) is 21.0 Å². The first-order valence-corrected chi connectivity index (χ1v) is 15.6. The van der Waals surface area contributed by atoms with Crippen LogP contribution in [0.15, 0.2) is 83.9 Å². The van der Waals surface area contributed by atoms with Gasteiger partial charge in [-0.3, -0.25) is 24.2 Å². The highest BCUT2D eigenvalue weighted by Crippen LogP contribution is 2.20. The van der Waals surface area contributed by atoms with E-state index in [4.69, 9.17) is 27.7 Å². The minimum Gasteiger partial charge on any atom is -0.489 e. The van der Waals surface area contributed by atoms with Gasteiger partial charge in [0.15, 0.2) is 5.96 Å². The van der Waals surface area contributed by atoms with Crippen LogP contribution < -0.4 is 43.6 Å². The quantitative estimate of drug-likeness (QED) is 0.0564. The second-order valence-corrected chi connectivity index (χ2v) is 11.0. The number of hydrogen-bond donors (Lipinski definition) is 7. The Hall–Kier alpha value is -5.50. The molecule has 3 rings (SSSR count). The Bertz CT molecular complexity index is 1520. The monoisotopic (exact) mass is 662 g/mol. The minimum absolute atomic E-state index is 0.0999. The van der Waals surface area contributed by atoms with Crippen molar-refractivity contribution in [1.29, 1.82) is 0 Å². The first-order chi connectivity index (χ1) is 23.1. The molecule has 0 heterocycles. The summed E-state index contributed by atoms with van der Waals surface area (Å²) < 4.78 is 18.9. The van der Waals surface area contributed by atoms with Crippen molar-refractivity contribution in [2.24, 2.45) is 27.9 Å². The summed E-state index contributed by atoms with van der Waals surface area (Å²) in [6, 6.07) is 17.4. The van der Waals surface area contributed by atoms with E-state index >= 15 is 0 Å². The normalized spacial score (nSPS) is 12.5. The lowest BCUT2D eigenvalue weighted by Crippen LogP contribution is -2.54. The molecule has 0 aliphatic rings. The molecule has 0 aliphatic heterocycles. The predicted molar refractivity (Wildman–Crippen MR) is 180 cm³/mol. The minimum atomic E-state index is -1.22. The number of nitrogens with one attached hydrogen (secondary N) is 3. The molecular formula is C34H43FN8O5. The first kappa shape index (κ1) is 37.0. The summed E-state index contributed by atoms with van der Waals surface area (Å²) in [6.07, 6.45) is 1.84. The van der Waals surface area contributed by atoms with E-state index in [1.54, 1.807) is 66.7 Å². The van der Waals surface area contributed by atoms with Gasteiger partial charge in [0.1, 0.15) is 36.3 Å². The van der Waals surface area contributed by atoms with Gasteiger partial charge in [0.25, 0.3) is 5.91 Å². The molecule has 0 saturated carbocycles. The third kappa shape index (κ3) is 12.4. The highest BCUT2D eigenvalue weighted by Gasteiger charge is 2.29. The topological polar surface area (TPSA) is 230 Å². The fourth-order valence-electron chi connectivity index (χ4n) is 4.70. The molecule has 14 heteroatoms. The molecule has 256 valence electrons. The Morgan fingerprint density at radius 1 is 0.750 bits per heavy atom. The number of benzene rings is 3. The van der Waals surface area contributed by atoms with E-state index in [0.717, 1.165) is 5.56 Å². The number of nitrogens with two attached hydrogens (primary N) is 4. The molecule has 3 atom stereocenters. The summed E-state index contributed by atoms with van der Waals surface area (Å²) in [5, 5.41) is 8.11. The lowest BCUT2D eigenvalue weighted by molar-refractivity contribution is -0.132. The van der Waals surface area contributed by atoms with Crippen molar-refractivity contribution in [2.75, 3.05) is 13.1 Å². The maximum absolute atomic E-state index is 13.6. The van der Waals surface area contributed by atoms with Crippen LogP contribution in [0.1, 0.15) is 59.6 Å². The highest BCUT2D eigenvalue weighted by molar-refractivity contribution is 5.98. The number of ether oxygens (including phenoxy) is 1. The van der Waals surface area contributed by atoms with E-state index in [1.165, 1.54) is 12.1 Å².